The second-order valence-corrected chi connectivity index (χ2v) is 5.47. The number of nitrogens with zero attached hydrogens (tertiary/aromatic N) is 2. The van der Waals surface area contributed by atoms with Crippen LogP contribution in [0.5, 0.6) is 5.88 Å². The van der Waals surface area contributed by atoms with E-state index in [1.807, 2.05) is 6.92 Å². The van der Waals surface area contributed by atoms with Crippen LogP contribution in [0.4, 0.5) is 5.82 Å². The molecule has 1 aliphatic carbocycles. The fourth-order valence-electron chi connectivity index (χ4n) is 2.76. The van der Waals surface area contributed by atoms with E-state index in [9.17, 15) is 0 Å². The van der Waals surface area contributed by atoms with Crippen molar-refractivity contribution >= 4 is 5.82 Å². The zero-order valence-corrected chi connectivity index (χ0v) is 13.0. The zero-order valence-electron chi connectivity index (χ0n) is 13.0. The maximum absolute atomic E-state index is 6.05. The van der Waals surface area contributed by atoms with Crippen molar-refractivity contribution in [3.05, 3.63) is 11.9 Å². The third kappa shape index (κ3) is 4.82. The fraction of sp³-hybridized carbons (Fsp3) is 0.733. The van der Waals surface area contributed by atoms with Crippen molar-refractivity contribution < 1.29 is 9.47 Å². The van der Waals surface area contributed by atoms with E-state index in [1.165, 1.54) is 19.3 Å². The molecular formula is C15H26N4O2. The van der Waals surface area contributed by atoms with Crippen LogP contribution < -0.4 is 16.0 Å². The maximum atomic E-state index is 6.05. The second-order valence-electron chi connectivity index (χ2n) is 5.47. The van der Waals surface area contributed by atoms with E-state index < -0.39 is 0 Å². The highest BCUT2D eigenvalue weighted by molar-refractivity contribution is 5.37. The lowest BCUT2D eigenvalue weighted by Gasteiger charge is -2.28. The summed E-state index contributed by atoms with van der Waals surface area (Å²) in [6.45, 7) is 5.18. The molecule has 0 saturated heterocycles. The average Bonchev–Trinajstić information content (AvgIpc) is 2.52. The van der Waals surface area contributed by atoms with Crippen molar-refractivity contribution in [2.45, 2.75) is 58.7 Å². The molecule has 6 heteroatoms. The molecule has 0 aliphatic heterocycles. The van der Waals surface area contributed by atoms with Gasteiger partial charge in [0.25, 0.3) is 0 Å². The first kappa shape index (κ1) is 16.0. The molecule has 1 aromatic heterocycles. The van der Waals surface area contributed by atoms with Crippen molar-refractivity contribution in [2.75, 3.05) is 12.0 Å². The lowest BCUT2D eigenvalue weighted by Crippen LogP contribution is -2.25. The Labute approximate surface area is 126 Å². The first-order chi connectivity index (χ1) is 10.2. The molecular weight excluding hydrogens is 268 g/mol. The molecule has 1 fully saturated rings. The normalized spacial score (nSPS) is 22.0. The van der Waals surface area contributed by atoms with Gasteiger partial charge in [-0.25, -0.2) is 10.8 Å². The number of anilines is 1. The molecule has 6 nitrogen and oxygen atoms in total. The Bertz CT molecular complexity index is 442. The third-order valence-electron chi connectivity index (χ3n) is 3.93. The average molecular weight is 294 g/mol. The Morgan fingerprint density at radius 2 is 2.19 bits per heavy atom. The summed E-state index contributed by atoms with van der Waals surface area (Å²) in [5.74, 6) is 7.94. The van der Waals surface area contributed by atoms with Crippen LogP contribution in [0.3, 0.4) is 0 Å². The molecule has 1 saturated carbocycles. The number of rotatable bonds is 7. The Hall–Kier alpha value is -1.40. The number of aromatic nitrogens is 2. The quantitative estimate of drug-likeness (QED) is 0.594. The fourth-order valence-corrected chi connectivity index (χ4v) is 2.76. The molecule has 1 aliphatic rings. The van der Waals surface area contributed by atoms with Gasteiger partial charge in [-0.1, -0.05) is 19.8 Å². The van der Waals surface area contributed by atoms with Gasteiger partial charge in [-0.3, -0.25) is 0 Å². The van der Waals surface area contributed by atoms with Gasteiger partial charge in [-0.15, -0.1) is 0 Å². The van der Waals surface area contributed by atoms with Crippen LogP contribution >= 0.6 is 0 Å². The number of hydrazine groups is 1. The first-order valence-electron chi connectivity index (χ1n) is 7.84. The Morgan fingerprint density at radius 3 is 2.90 bits per heavy atom. The molecule has 21 heavy (non-hydrogen) atoms. The minimum atomic E-state index is 0.240. The van der Waals surface area contributed by atoms with Crippen LogP contribution in [-0.4, -0.2) is 22.7 Å². The van der Waals surface area contributed by atoms with Gasteiger partial charge in [-0.2, -0.15) is 4.98 Å². The molecule has 3 N–H and O–H groups in total. The molecule has 0 amide bonds. The molecule has 2 atom stereocenters. The maximum Gasteiger partial charge on any atom is 0.219 e. The predicted octanol–water partition coefficient (Wildman–Crippen LogP) is 2.65. The van der Waals surface area contributed by atoms with E-state index in [-0.39, 0.29) is 6.10 Å². The van der Waals surface area contributed by atoms with Crippen LogP contribution in [0.2, 0.25) is 0 Å². The summed E-state index contributed by atoms with van der Waals surface area (Å²) >= 11 is 0. The minimum absolute atomic E-state index is 0.240. The molecule has 1 heterocycles. The number of nitrogens with two attached hydrogens (primary N) is 1. The summed E-state index contributed by atoms with van der Waals surface area (Å²) in [5, 5.41) is 0. The highest BCUT2D eigenvalue weighted by Gasteiger charge is 2.22. The van der Waals surface area contributed by atoms with Crippen molar-refractivity contribution in [1.82, 2.24) is 9.97 Å². The molecule has 2 unspecified atom stereocenters. The number of hydrogen-bond donors (Lipinski definition) is 2. The molecule has 0 radical (unpaired) electrons. The van der Waals surface area contributed by atoms with Gasteiger partial charge in [-0.05, 0) is 32.1 Å². The van der Waals surface area contributed by atoms with Crippen molar-refractivity contribution in [1.29, 1.82) is 0 Å². The summed E-state index contributed by atoms with van der Waals surface area (Å²) in [4.78, 5) is 8.67. The Balaban J connectivity index is 2.03. The van der Waals surface area contributed by atoms with Crippen LogP contribution in [-0.2, 0) is 11.3 Å². The Kier molecular flexibility index (Phi) is 6.20. The summed E-state index contributed by atoms with van der Waals surface area (Å²) in [6, 6.07) is 1.74. The van der Waals surface area contributed by atoms with Gasteiger partial charge in [0.2, 0.25) is 5.88 Å². The summed E-state index contributed by atoms with van der Waals surface area (Å²) in [5.41, 5.74) is 2.55. The van der Waals surface area contributed by atoms with Crippen molar-refractivity contribution in [3.63, 3.8) is 0 Å². The summed E-state index contributed by atoms with van der Waals surface area (Å²) < 4.78 is 11.4. The van der Waals surface area contributed by atoms with Gasteiger partial charge in [0.05, 0.1) is 0 Å². The Morgan fingerprint density at radius 1 is 1.33 bits per heavy atom. The van der Waals surface area contributed by atoms with E-state index in [0.717, 1.165) is 18.8 Å². The van der Waals surface area contributed by atoms with Crippen molar-refractivity contribution in [3.8, 4) is 5.88 Å². The highest BCUT2D eigenvalue weighted by atomic mass is 16.5. The minimum Gasteiger partial charge on any atom is -0.474 e. The van der Waals surface area contributed by atoms with E-state index in [1.54, 1.807) is 6.07 Å². The standard InChI is InChI=1S/C15H26N4O2/c1-3-11-6-5-7-12(8-11)21-15-9-13(19-16)17-14(18-15)10-20-4-2/h9,11-12H,3-8,10,16H2,1-2H3,(H,17,18,19). The molecule has 0 aromatic carbocycles. The molecule has 1 aromatic rings. The molecule has 0 spiro atoms. The molecule has 118 valence electrons. The van der Waals surface area contributed by atoms with Gasteiger partial charge in [0.15, 0.2) is 5.82 Å². The van der Waals surface area contributed by atoms with E-state index in [4.69, 9.17) is 15.3 Å². The van der Waals surface area contributed by atoms with E-state index in [2.05, 4.69) is 22.3 Å². The molecule has 0 bridgehead atoms. The predicted molar refractivity (Wildman–Crippen MR) is 81.8 cm³/mol. The van der Waals surface area contributed by atoms with Gasteiger partial charge >= 0.3 is 0 Å². The van der Waals surface area contributed by atoms with Gasteiger partial charge in [0.1, 0.15) is 18.5 Å². The molecule has 2 rings (SSSR count). The van der Waals surface area contributed by atoms with E-state index in [0.29, 0.717) is 30.7 Å². The van der Waals surface area contributed by atoms with Crippen LogP contribution in [0.15, 0.2) is 6.07 Å². The van der Waals surface area contributed by atoms with Crippen LogP contribution in [0.1, 0.15) is 51.8 Å². The number of hydrogen-bond acceptors (Lipinski definition) is 6. The smallest absolute Gasteiger partial charge is 0.219 e. The van der Waals surface area contributed by atoms with E-state index >= 15 is 0 Å². The lowest BCUT2D eigenvalue weighted by molar-refractivity contribution is 0.111. The summed E-state index contributed by atoms with van der Waals surface area (Å²) in [7, 11) is 0. The second kappa shape index (κ2) is 8.14. The SMILES string of the molecule is CCOCc1nc(NN)cc(OC2CCCC(CC)C2)n1. The monoisotopic (exact) mass is 294 g/mol. The topological polar surface area (TPSA) is 82.3 Å². The number of nitrogens with one attached hydrogen (secondary N) is 1. The van der Waals surface area contributed by atoms with Crippen LogP contribution in [0, 0.1) is 5.92 Å². The number of ether oxygens (including phenoxy) is 2. The summed E-state index contributed by atoms with van der Waals surface area (Å²) in [6.07, 6.45) is 6.19. The first-order valence-corrected chi connectivity index (χ1v) is 7.84. The highest BCUT2D eigenvalue weighted by Crippen LogP contribution is 2.29. The third-order valence-corrected chi connectivity index (χ3v) is 3.93. The lowest BCUT2D eigenvalue weighted by atomic mass is 9.85. The largest absolute Gasteiger partial charge is 0.474 e. The van der Waals surface area contributed by atoms with Crippen LogP contribution in [0.25, 0.3) is 0 Å². The van der Waals surface area contributed by atoms with Crippen molar-refractivity contribution in [2.24, 2.45) is 11.8 Å². The van der Waals surface area contributed by atoms with Gasteiger partial charge < -0.3 is 14.9 Å². The zero-order chi connectivity index (χ0) is 15.1. The van der Waals surface area contributed by atoms with Gasteiger partial charge in [0, 0.05) is 12.7 Å². The number of nitrogen functional groups attached to an aromatic ring is 1.